The lowest BCUT2D eigenvalue weighted by Crippen LogP contribution is -2.25. The number of methoxy groups -OCH3 is 1. The highest BCUT2D eigenvalue weighted by atomic mass is 35.5. The van der Waals surface area contributed by atoms with Crippen molar-refractivity contribution in [2.24, 2.45) is 0 Å². The highest BCUT2D eigenvalue weighted by molar-refractivity contribution is 6.30. The molecule has 2 aromatic rings. The van der Waals surface area contributed by atoms with Crippen molar-refractivity contribution >= 4 is 29.4 Å². The van der Waals surface area contributed by atoms with E-state index in [1.165, 1.54) is 13.0 Å². The topological polar surface area (TPSA) is 76.4 Å². The van der Waals surface area contributed by atoms with Crippen LogP contribution in [-0.4, -0.2) is 25.0 Å². The van der Waals surface area contributed by atoms with E-state index in [9.17, 15) is 14.9 Å². The number of Topliss-reactive ketones (excluding diaryl/α,β-unsaturated/α-hetero) is 1. The molecule has 2 aromatic carbocycles. The van der Waals surface area contributed by atoms with Gasteiger partial charge in [0.05, 0.1) is 7.11 Å². The lowest BCUT2D eigenvalue weighted by Gasteiger charge is -2.12. The van der Waals surface area contributed by atoms with Crippen molar-refractivity contribution in [1.29, 1.82) is 5.26 Å². The summed E-state index contributed by atoms with van der Waals surface area (Å²) in [5, 5.41) is 9.71. The molecule has 6 heteroatoms. The smallest absolute Gasteiger partial charge is 0.349 e. The Morgan fingerprint density at radius 3 is 2.27 bits per heavy atom. The first kappa shape index (κ1) is 19.2. The number of nitrogens with zero attached hydrogens (tertiary/aromatic N) is 1. The summed E-state index contributed by atoms with van der Waals surface area (Å²) in [5.74, 6) is -0.583. The molecule has 0 saturated heterocycles. The molecule has 0 aliphatic carbocycles. The quantitative estimate of drug-likeness (QED) is 0.332. The minimum atomic E-state index is -1.03. The van der Waals surface area contributed by atoms with Gasteiger partial charge in [-0.15, -0.1) is 0 Å². The molecule has 0 spiro atoms. The van der Waals surface area contributed by atoms with Crippen molar-refractivity contribution in [3.8, 4) is 11.8 Å². The fourth-order valence-corrected chi connectivity index (χ4v) is 2.26. The lowest BCUT2D eigenvalue weighted by molar-refractivity contribution is -0.141. The van der Waals surface area contributed by atoms with Gasteiger partial charge in [0.1, 0.15) is 17.4 Å². The number of hydrogen-bond acceptors (Lipinski definition) is 5. The van der Waals surface area contributed by atoms with E-state index in [2.05, 4.69) is 0 Å². The number of benzene rings is 2. The first-order chi connectivity index (χ1) is 12.4. The molecule has 1 atom stereocenters. The van der Waals surface area contributed by atoms with E-state index in [4.69, 9.17) is 21.1 Å². The average molecular weight is 370 g/mol. The van der Waals surface area contributed by atoms with Gasteiger partial charge in [-0.05, 0) is 55.0 Å². The predicted molar refractivity (Wildman–Crippen MR) is 97.9 cm³/mol. The number of halogens is 1. The SMILES string of the molecule is COc1ccc(/C=C(\C#N)C(=O)O[C@H](C)C(=O)c2ccc(Cl)cc2)cc1. The molecule has 0 heterocycles. The Kier molecular flexibility index (Phi) is 6.54. The largest absolute Gasteiger partial charge is 0.497 e. The maximum absolute atomic E-state index is 12.3. The first-order valence-corrected chi connectivity index (χ1v) is 8.09. The molecule has 0 unspecified atom stereocenters. The molecule has 0 radical (unpaired) electrons. The molecule has 26 heavy (non-hydrogen) atoms. The fourth-order valence-electron chi connectivity index (χ4n) is 2.13. The predicted octanol–water partition coefficient (Wildman–Crippen LogP) is 4.07. The van der Waals surface area contributed by atoms with Gasteiger partial charge in [-0.25, -0.2) is 4.79 Å². The Bertz CT molecular complexity index is 864. The highest BCUT2D eigenvalue weighted by Crippen LogP contribution is 2.16. The van der Waals surface area contributed by atoms with E-state index >= 15 is 0 Å². The molecule has 0 fully saturated rings. The second-order valence-corrected chi connectivity index (χ2v) is 5.80. The van der Waals surface area contributed by atoms with E-state index in [-0.39, 0.29) is 11.4 Å². The molecule has 0 aliphatic heterocycles. The van der Waals surface area contributed by atoms with Gasteiger partial charge in [0, 0.05) is 10.6 Å². The van der Waals surface area contributed by atoms with E-state index in [0.29, 0.717) is 21.9 Å². The molecule has 0 amide bonds. The zero-order valence-corrected chi connectivity index (χ0v) is 15.0. The summed E-state index contributed by atoms with van der Waals surface area (Å²) < 4.78 is 10.2. The van der Waals surface area contributed by atoms with Crippen LogP contribution in [0.4, 0.5) is 0 Å². The Morgan fingerprint density at radius 2 is 1.73 bits per heavy atom. The van der Waals surface area contributed by atoms with Crippen LogP contribution in [0.25, 0.3) is 6.08 Å². The van der Waals surface area contributed by atoms with E-state index in [1.807, 2.05) is 0 Å². The second-order valence-electron chi connectivity index (χ2n) is 5.36. The summed E-state index contributed by atoms with van der Waals surface area (Å²) in [6, 6.07) is 14.9. The molecule has 132 valence electrons. The number of carbonyl (C=O) groups is 2. The molecular weight excluding hydrogens is 354 g/mol. The first-order valence-electron chi connectivity index (χ1n) is 7.71. The zero-order chi connectivity index (χ0) is 19.1. The minimum Gasteiger partial charge on any atom is -0.497 e. The summed E-state index contributed by atoms with van der Waals surface area (Å²) in [5.41, 5.74) is 0.800. The molecule has 0 N–H and O–H groups in total. The normalized spacial score (nSPS) is 12.0. The summed E-state index contributed by atoms with van der Waals surface area (Å²) in [6.45, 7) is 1.46. The third kappa shape index (κ3) is 4.95. The van der Waals surface area contributed by atoms with Crippen LogP contribution in [0.2, 0.25) is 5.02 Å². The van der Waals surface area contributed by atoms with Crippen molar-refractivity contribution in [3.63, 3.8) is 0 Å². The van der Waals surface area contributed by atoms with Crippen LogP contribution in [-0.2, 0) is 9.53 Å². The molecule has 0 bridgehead atoms. The molecule has 5 nitrogen and oxygen atoms in total. The van der Waals surface area contributed by atoms with Crippen LogP contribution in [0.15, 0.2) is 54.1 Å². The number of ketones is 1. The highest BCUT2D eigenvalue weighted by Gasteiger charge is 2.21. The number of esters is 1. The third-order valence-corrected chi connectivity index (χ3v) is 3.80. The van der Waals surface area contributed by atoms with Crippen LogP contribution >= 0.6 is 11.6 Å². The van der Waals surface area contributed by atoms with Crippen LogP contribution in [0, 0.1) is 11.3 Å². The van der Waals surface area contributed by atoms with E-state index in [0.717, 1.165) is 0 Å². The number of nitriles is 1. The maximum Gasteiger partial charge on any atom is 0.349 e. The van der Waals surface area contributed by atoms with Crippen molar-refractivity contribution in [2.45, 2.75) is 13.0 Å². The van der Waals surface area contributed by atoms with Gasteiger partial charge in [0.25, 0.3) is 0 Å². The zero-order valence-electron chi connectivity index (χ0n) is 14.2. The van der Waals surface area contributed by atoms with Crippen LogP contribution in [0.1, 0.15) is 22.8 Å². The molecule has 2 rings (SSSR count). The summed E-state index contributed by atoms with van der Waals surface area (Å²) in [6.07, 6.45) is 0.359. The summed E-state index contributed by atoms with van der Waals surface area (Å²) in [4.78, 5) is 24.5. The van der Waals surface area contributed by atoms with Crippen molar-refractivity contribution in [1.82, 2.24) is 0 Å². The van der Waals surface area contributed by atoms with Crippen LogP contribution in [0.5, 0.6) is 5.75 Å². The summed E-state index contributed by atoms with van der Waals surface area (Å²) in [7, 11) is 1.54. The van der Waals surface area contributed by atoms with Gasteiger partial charge in [0.2, 0.25) is 5.78 Å². The Labute approximate surface area is 156 Å². The molecular formula is C20H16ClNO4. The maximum atomic E-state index is 12.3. The summed E-state index contributed by atoms with van der Waals surface area (Å²) >= 11 is 5.79. The molecule has 0 aromatic heterocycles. The number of carbonyl (C=O) groups excluding carboxylic acids is 2. The minimum absolute atomic E-state index is 0.203. The van der Waals surface area contributed by atoms with Gasteiger partial charge < -0.3 is 9.47 Å². The van der Waals surface area contributed by atoms with Crippen molar-refractivity contribution < 1.29 is 19.1 Å². The van der Waals surface area contributed by atoms with E-state index < -0.39 is 12.1 Å². The third-order valence-electron chi connectivity index (χ3n) is 3.55. The van der Waals surface area contributed by atoms with Crippen molar-refractivity contribution in [2.75, 3.05) is 7.11 Å². The van der Waals surface area contributed by atoms with Crippen LogP contribution in [0.3, 0.4) is 0 Å². The van der Waals surface area contributed by atoms with E-state index in [1.54, 1.807) is 61.7 Å². The average Bonchev–Trinajstić information content (AvgIpc) is 2.66. The molecule has 0 saturated carbocycles. The van der Waals surface area contributed by atoms with Gasteiger partial charge in [-0.2, -0.15) is 5.26 Å². The Hall–Kier alpha value is -3.10. The van der Waals surface area contributed by atoms with Gasteiger partial charge in [0.15, 0.2) is 6.10 Å². The Balaban J connectivity index is 2.10. The Morgan fingerprint density at radius 1 is 1.12 bits per heavy atom. The lowest BCUT2D eigenvalue weighted by atomic mass is 10.1. The number of rotatable bonds is 6. The number of ether oxygens (including phenoxy) is 2. The molecule has 0 aliphatic rings. The monoisotopic (exact) mass is 369 g/mol. The number of hydrogen-bond donors (Lipinski definition) is 0. The van der Waals surface area contributed by atoms with Gasteiger partial charge >= 0.3 is 5.97 Å². The van der Waals surface area contributed by atoms with Crippen molar-refractivity contribution in [3.05, 3.63) is 70.3 Å². The fraction of sp³-hybridized carbons (Fsp3) is 0.150. The second kappa shape index (κ2) is 8.84. The van der Waals surface area contributed by atoms with Gasteiger partial charge in [-0.3, -0.25) is 4.79 Å². The standard InChI is InChI=1S/C20H16ClNO4/c1-13(19(23)15-5-7-17(21)8-6-15)26-20(24)16(12-22)11-14-3-9-18(25-2)10-4-14/h3-11,13H,1-2H3/b16-11+/t13-/m1/s1. The van der Waals surface area contributed by atoms with Gasteiger partial charge in [-0.1, -0.05) is 23.7 Å². The van der Waals surface area contributed by atoms with Crippen LogP contribution < -0.4 is 4.74 Å².